The number of amidine groups is 1. The van der Waals surface area contributed by atoms with E-state index in [-0.39, 0.29) is 16.5 Å². The van der Waals surface area contributed by atoms with Gasteiger partial charge >= 0.3 is 13.1 Å². The zero-order valence-electron chi connectivity index (χ0n) is 21.8. The van der Waals surface area contributed by atoms with Gasteiger partial charge in [-0.1, -0.05) is 41.9 Å². The van der Waals surface area contributed by atoms with Crippen molar-refractivity contribution in [3.8, 4) is 0 Å². The minimum atomic E-state index is -4.75. The van der Waals surface area contributed by atoms with Gasteiger partial charge in [-0.15, -0.1) is 4.90 Å². The number of halogens is 3. The van der Waals surface area contributed by atoms with Crippen LogP contribution in [0.5, 0.6) is 0 Å². The Labute approximate surface area is 236 Å². The fourth-order valence-corrected chi connectivity index (χ4v) is 5.07. The highest BCUT2D eigenvalue weighted by atomic mass is 35.5. The highest BCUT2D eigenvalue weighted by Gasteiger charge is 2.52. The van der Waals surface area contributed by atoms with Crippen molar-refractivity contribution in [2.24, 2.45) is 0 Å². The molecule has 0 atom stereocenters. The van der Waals surface area contributed by atoms with E-state index in [0.29, 0.717) is 31.1 Å². The minimum absolute atomic E-state index is 0.0203. The van der Waals surface area contributed by atoms with E-state index >= 15 is 8.63 Å². The normalized spacial score (nSPS) is 15.5. The number of nitrogens with zero attached hydrogens (tertiary/aromatic N) is 5. The van der Waals surface area contributed by atoms with E-state index < -0.39 is 51.4 Å². The SMILES string of the molecule is CC(C)(C)OC(=O)N(C1=[N+]2C(=C(c3ccccc3)c3ccc(Cl)n3[B-]2(F)F)C=C1)c1cc([N+](=O)[O-])cc([N+](=O)[O-])c1. The number of aromatic nitrogens is 1. The van der Waals surface area contributed by atoms with Gasteiger partial charge < -0.3 is 22.3 Å². The molecule has 0 radical (unpaired) electrons. The monoisotopic (exact) mass is 583 g/mol. The van der Waals surface area contributed by atoms with E-state index in [2.05, 4.69) is 0 Å². The second kappa shape index (κ2) is 9.66. The molecule has 3 heterocycles. The third kappa shape index (κ3) is 4.75. The molecule has 0 spiro atoms. The molecule has 11 nitrogen and oxygen atoms in total. The first-order chi connectivity index (χ1) is 19.2. The zero-order valence-corrected chi connectivity index (χ0v) is 22.6. The van der Waals surface area contributed by atoms with Gasteiger partial charge in [0.1, 0.15) is 5.60 Å². The van der Waals surface area contributed by atoms with Crippen LogP contribution in [0.3, 0.4) is 0 Å². The Morgan fingerprint density at radius 1 is 1.00 bits per heavy atom. The molecule has 2 aliphatic heterocycles. The summed E-state index contributed by atoms with van der Waals surface area (Å²) in [5.74, 6) is -0.446. The fourth-order valence-electron chi connectivity index (χ4n) is 4.80. The maximum Gasteiger partial charge on any atom is 0.640 e. The number of nitro groups is 2. The van der Waals surface area contributed by atoms with Crippen LogP contribution >= 0.6 is 11.6 Å². The van der Waals surface area contributed by atoms with E-state index in [9.17, 15) is 25.0 Å². The molecule has 2 aliphatic rings. The second-order valence-corrected chi connectivity index (χ2v) is 10.6. The molecule has 0 bridgehead atoms. The van der Waals surface area contributed by atoms with Crippen molar-refractivity contribution in [1.82, 2.24) is 4.48 Å². The van der Waals surface area contributed by atoms with Crippen LogP contribution < -0.4 is 4.90 Å². The zero-order chi connectivity index (χ0) is 29.9. The Balaban J connectivity index is 1.85. The molecule has 1 amide bonds. The second-order valence-electron chi connectivity index (χ2n) is 10.2. The van der Waals surface area contributed by atoms with Crippen LogP contribution in [-0.4, -0.2) is 43.3 Å². The van der Waals surface area contributed by atoms with Crippen LogP contribution in [0.25, 0.3) is 5.57 Å². The first-order valence-corrected chi connectivity index (χ1v) is 12.6. The number of ether oxygens (including phenoxy) is 1. The van der Waals surface area contributed by atoms with Gasteiger partial charge in [0, 0.05) is 17.3 Å². The summed E-state index contributed by atoms with van der Waals surface area (Å²) in [6, 6.07) is 13.9. The van der Waals surface area contributed by atoms with Gasteiger partial charge in [0.15, 0.2) is 5.69 Å². The van der Waals surface area contributed by atoms with Crippen molar-refractivity contribution in [3.05, 3.63) is 115 Å². The van der Waals surface area contributed by atoms with E-state index in [4.69, 9.17) is 16.3 Å². The number of amides is 1. The topological polar surface area (TPSA) is 124 Å². The van der Waals surface area contributed by atoms with E-state index in [1.165, 1.54) is 45.1 Å². The molecule has 0 unspecified atom stereocenters. The van der Waals surface area contributed by atoms with Crippen molar-refractivity contribution < 1.29 is 32.5 Å². The van der Waals surface area contributed by atoms with Gasteiger partial charge in [0.25, 0.3) is 17.2 Å². The van der Waals surface area contributed by atoms with Crippen molar-refractivity contribution in [2.45, 2.75) is 26.4 Å². The van der Waals surface area contributed by atoms with Crippen LogP contribution in [0.15, 0.2) is 78.5 Å². The summed E-state index contributed by atoms with van der Waals surface area (Å²) in [4.78, 5) is 35.7. The number of rotatable bonds is 4. The maximum atomic E-state index is 16.5. The average molecular weight is 584 g/mol. The highest BCUT2D eigenvalue weighted by molar-refractivity contribution is 6.60. The number of benzene rings is 2. The molecule has 210 valence electrons. The molecule has 1 aromatic heterocycles. The molecule has 5 rings (SSSR count). The van der Waals surface area contributed by atoms with Crippen molar-refractivity contribution in [1.29, 1.82) is 0 Å². The largest absolute Gasteiger partial charge is 0.640 e. The standard InChI is InChI=1S/C26H21BClF2N5O6/c1-26(2,3)41-25(36)31(17-13-18(34(37)38)15-19(14-17)35(39)40)23-12-10-21-24(16-7-5-4-6-8-16)20-9-11-22(28)32(20)27(29,30)33(21)23/h4-15H,1-3H3. The third-order valence-corrected chi connectivity index (χ3v) is 6.64. The number of carbonyl (C=O) groups excluding carboxylic acids is 1. The Morgan fingerprint density at radius 3 is 2.17 bits per heavy atom. The lowest BCUT2D eigenvalue weighted by atomic mass is 9.86. The van der Waals surface area contributed by atoms with Crippen LogP contribution in [0, 0.1) is 20.2 Å². The summed E-state index contributed by atoms with van der Waals surface area (Å²) in [7, 11) is 0. The molecule has 0 saturated heterocycles. The molecule has 15 heteroatoms. The Morgan fingerprint density at radius 2 is 1.61 bits per heavy atom. The van der Waals surface area contributed by atoms with Crippen LogP contribution in [-0.2, 0) is 4.74 Å². The molecule has 0 fully saturated rings. The summed E-state index contributed by atoms with van der Waals surface area (Å²) < 4.78 is 39.7. The first kappa shape index (κ1) is 27.7. The van der Waals surface area contributed by atoms with Gasteiger partial charge in [-0.3, -0.25) is 20.2 Å². The Bertz CT molecular complexity index is 1700. The quantitative estimate of drug-likeness (QED) is 0.200. The minimum Gasteiger partial charge on any atom is -0.425 e. The number of allylic oxidation sites excluding steroid dienone is 1. The third-order valence-electron chi connectivity index (χ3n) is 6.33. The predicted octanol–water partition coefficient (Wildman–Crippen LogP) is 6.38. The summed E-state index contributed by atoms with van der Waals surface area (Å²) in [6.07, 6.45) is 1.41. The highest BCUT2D eigenvalue weighted by Crippen LogP contribution is 2.42. The van der Waals surface area contributed by atoms with Crippen LogP contribution in [0.4, 0.5) is 30.5 Å². The van der Waals surface area contributed by atoms with E-state index in [1.807, 2.05) is 0 Å². The maximum absolute atomic E-state index is 16.5. The van der Waals surface area contributed by atoms with Crippen LogP contribution in [0.2, 0.25) is 5.15 Å². The molecule has 0 N–H and O–H groups in total. The van der Waals surface area contributed by atoms with Gasteiger partial charge in [-0.2, -0.15) is 4.79 Å². The number of carbonyl (C=O) groups is 1. The average Bonchev–Trinajstić information content (AvgIpc) is 3.49. The summed E-state index contributed by atoms with van der Waals surface area (Å²) >= 11 is 6.26. The van der Waals surface area contributed by atoms with E-state index in [0.717, 1.165) is 12.1 Å². The number of hydrogen-bond donors (Lipinski definition) is 0. The fraction of sp³-hybridized carbons (Fsp3) is 0.154. The number of anilines is 1. The van der Waals surface area contributed by atoms with Gasteiger partial charge in [-0.25, -0.2) is 0 Å². The van der Waals surface area contributed by atoms with Crippen molar-refractivity contribution in [2.75, 3.05) is 4.90 Å². The van der Waals surface area contributed by atoms with Gasteiger partial charge in [0.2, 0.25) is 0 Å². The summed E-state index contributed by atoms with van der Waals surface area (Å²) in [5.41, 5.74) is -1.87. The smallest absolute Gasteiger partial charge is 0.425 e. The first-order valence-electron chi connectivity index (χ1n) is 12.2. The Hall–Kier alpha value is -4.85. The molecule has 0 aliphatic carbocycles. The summed E-state index contributed by atoms with van der Waals surface area (Å²) in [6.45, 7) is -0.131. The van der Waals surface area contributed by atoms with Crippen molar-refractivity contribution in [3.63, 3.8) is 0 Å². The van der Waals surface area contributed by atoms with Gasteiger partial charge in [-0.05, 0) is 44.5 Å². The van der Waals surface area contributed by atoms with Gasteiger partial charge in [0.05, 0.1) is 38.9 Å². The molecular formula is C26H21BClF2N5O6. The molecule has 41 heavy (non-hydrogen) atoms. The lowest BCUT2D eigenvalue weighted by Gasteiger charge is -2.36. The Kier molecular flexibility index (Phi) is 6.53. The molecule has 2 aromatic carbocycles. The number of hydrogen-bond acceptors (Lipinski definition) is 6. The lowest BCUT2D eigenvalue weighted by molar-refractivity contribution is -0.394. The van der Waals surface area contributed by atoms with Crippen LogP contribution in [0.1, 0.15) is 32.0 Å². The van der Waals surface area contributed by atoms with Crippen molar-refractivity contribution >= 4 is 53.1 Å². The predicted molar refractivity (Wildman–Crippen MR) is 148 cm³/mol. The molecule has 0 saturated carbocycles. The number of fused-ring (bicyclic) bond motifs is 2. The molecule has 3 aromatic rings. The lowest BCUT2D eigenvalue weighted by Crippen LogP contribution is -2.54. The summed E-state index contributed by atoms with van der Waals surface area (Å²) in [5, 5.41) is 23.0. The molecular weight excluding hydrogens is 563 g/mol. The van der Waals surface area contributed by atoms with E-state index in [1.54, 1.807) is 30.3 Å². The number of non-ortho nitro benzene ring substituents is 2. The number of nitro benzene ring substituents is 2.